The van der Waals surface area contributed by atoms with Gasteiger partial charge in [0.25, 0.3) is 11.8 Å². The fourth-order valence-corrected chi connectivity index (χ4v) is 10.6. The van der Waals surface area contributed by atoms with Crippen molar-refractivity contribution in [2.75, 3.05) is 24.9 Å². The predicted octanol–water partition coefficient (Wildman–Crippen LogP) is 9.63. The van der Waals surface area contributed by atoms with Crippen molar-refractivity contribution in [3.8, 4) is 0 Å². The molecule has 20 heteroatoms. The van der Waals surface area contributed by atoms with E-state index in [-0.39, 0.29) is 75.5 Å². The third kappa shape index (κ3) is 16.5. The Hall–Kier alpha value is -8.64. The molecule has 0 spiro atoms. The Balaban J connectivity index is 0.759. The molecule has 2 amide bonds. The molecule has 0 bridgehead atoms. The van der Waals surface area contributed by atoms with E-state index in [0.29, 0.717) is 0 Å². The van der Waals surface area contributed by atoms with Crippen molar-refractivity contribution in [3.63, 3.8) is 0 Å². The third-order valence-corrected chi connectivity index (χ3v) is 15.0. The number of ether oxygens (including phenoxy) is 10. The molecule has 9 aromatic rings. The van der Waals surface area contributed by atoms with Gasteiger partial charge in [0.2, 0.25) is 0 Å². The normalized spacial score (nSPS) is 21.8. The summed E-state index contributed by atoms with van der Waals surface area (Å²) in [5.74, 6) is -0.729. The van der Waals surface area contributed by atoms with E-state index in [4.69, 9.17) is 47.4 Å². The van der Waals surface area contributed by atoms with Crippen LogP contribution in [0.15, 0.2) is 219 Å². The molecule has 11 rings (SSSR count). The average Bonchev–Trinajstić information content (AvgIpc) is 1.91. The van der Waals surface area contributed by atoms with Crippen molar-refractivity contribution >= 4 is 23.5 Å². The molecule has 4 heterocycles. The Morgan fingerprint density at radius 1 is 0.386 bits per heavy atom. The second-order valence-corrected chi connectivity index (χ2v) is 21.3. The zero-order valence-corrected chi connectivity index (χ0v) is 48.8. The monoisotopic (exact) mass is 1190 g/mol. The van der Waals surface area contributed by atoms with Gasteiger partial charge in [-0.25, -0.2) is 9.36 Å². The molecule has 0 saturated carbocycles. The Bertz CT molecular complexity index is 3330. The molecule has 2 fully saturated rings. The van der Waals surface area contributed by atoms with E-state index in [1.165, 1.54) is 6.07 Å². The minimum Gasteiger partial charge on any atom is -0.368 e. The highest BCUT2D eigenvalue weighted by Crippen LogP contribution is 2.34. The van der Waals surface area contributed by atoms with E-state index >= 15 is 0 Å². The Morgan fingerprint density at radius 3 is 0.966 bits per heavy atom. The number of carbonyl (C=O) groups excluding carboxylic acids is 2. The highest BCUT2D eigenvalue weighted by molar-refractivity contribution is 6.08. The zero-order chi connectivity index (χ0) is 60.3. The summed E-state index contributed by atoms with van der Waals surface area (Å²) in [6.07, 6.45) is -4.05. The van der Waals surface area contributed by atoms with Crippen molar-refractivity contribution < 1.29 is 57.0 Å². The maximum Gasteiger partial charge on any atom is 0.256 e. The van der Waals surface area contributed by atoms with Gasteiger partial charge in [-0.3, -0.25) is 9.59 Å². The van der Waals surface area contributed by atoms with Gasteiger partial charge in [-0.05, 0) is 51.6 Å². The Labute approximate surface area is 510 Å². The lowest BCUT2D eigenvalue weighted by molar-refractivity contribution is -0.319. The molecule has 2 aliphatic heterocycles. The van der Waals surface area contributed by atoms with Gasteiger partial charge >= 0.3 is 0 Å². The molecule has 2 aliphatic rings. The molecular formula is C68H70N8O12. The molecule has 20 nitrogen and oxygen atoms in total. The van der Waals surface area contributed by atoms with Gasteiger partial charge in [0.15, 0.2) is 24.2 Å². The average molecular weight is 1190 g/mol. The minimum atomic E-state index is -0.858. The van der Waals surface area contributed by atoms with Crippen LogP contribution in [0.2, 0.25) is 0 Å². The van der Waals surface area contributed by atoms with Gasteiger partial charge in [-0.15, -0.1) is 10.2 Å². The first-order valence-electron chi connectivity index (χ1n) is 29.1. The number of carbonyl (C=O) groups is 2. The first kappa shape index (κ1) is 61.0. The fourth-order valence-electron chi connectivity index (χ4n) is 10.6. The zero-order valence-electron chi connectivity index (χ0n) is 48.8. The molecule has 0 radical (unpaired) electrons. The smallest absolute Gasteiger partial charge is 0.256 e. The van der Waals surface area contributed by atoms with Crippen LogP contribution in [0.3, 0.4) is 0 Å². The van der Waals surface area contributed by atoms with Crippen LogP contribution in [0.4, 0.5) is 11.6 Å². The molecule has 7 aromatic carbocycles. The lowest BCUT2D eigenvalue weighted by Gasteiger charge is -2.45. The number of methoxy groups -OCH3 is 2. The van der Waals surface area contributed by atoms with Crippen LogP contribution >= 0.6 is 0 Å². The standard InChI is InChI=1S/C68H70N8O12/c1-79-67-63(85-45-51-30-17-7-18-31-51)61(83-43-49-26-13-5-14-27-49)59(81-41-47-22-9-3-10-23-47)55(87-67)37-75-39-57(71-73-75)69-65(77)53-34-21-35-54(36-53)66(78)70-58-40-76(74-72-58)38-56-60(82-42-48-24-11-4-12-25-48)62(84-44-50-28-15-6-16-29-50)64(68(80-2)88-56)86-46-52-32-19-8-20-33-52/h3-36,39-40,55-56,59-64,67-68H,37-38,41-46H2,1-2H3,(H,69,77)(H,70,78)/t55-,56-,59-,60-,61+,62+,63-,64-,67+,68+/m1/s1. The maximum absolute atomic E-state index is 13.9. The molecule has 88 heavy (non-hydrogen) atoms. The summed E-state index contributed by atoms with van der Waals surface area (Å²) in [6.45, 7) is 1.89. The summed E-state index contributed by atoms with van der Waals surface area (Å²) < 4.78 is 68.7. The first-order valence-corrected chi connectivity index (χ1v) is 29.1. The van der Waals surface area contributed by atoms with Crippen LogP contribution in [-0.4, -0.2) is 117 Å². The Morgan fingerprint density at radius 2 is 0.670 bits per heavy atom. The van der Waals surface area contributed by atoms with Gasteiger partial charge in [-0.2, -0.15) is 0 Å². The number of hydrogen-bond acceptors (Lipinski definition) is 16. The number of hydrogen-bond donors (Lipinski definition) is 2. The highest BCUT2D eigenvalue weighted by atomic mass is 16.7. The van der Waals surface area contributed by atoms with Gasteiger partial charge in [0, 0.05) is 25.3 Å². The minimum absolute atomic E-state index is 0.136. The van der Waals surface area contributed by atoms with Gasteiger partial charge in [-0.1, -0.05) is 198 Å². The summed E-state index contributed by atoms with van der Waals surface area (Å²) >= 11 is 0. The Kier molecular flexibility index (Phi) is 21.4. The number of benzene rings is 7. The number of nitrogens with one attached hydrogen (secondary N) is 2. The SMILES string of the molecule is CO[C@H]1O[C@H](Cn2cc(NC(=O)c3cccc(C(=O)Nc4cn(C[C@H]5O[C@H](OC)[C@H](OCc6ccccc6)[C@@H](OCc6ccccc6)[C@@H]5OCc5ccccc5)nn4)c3)nn2)[C@@H](OCc2ccccc2)[C@H](OCc2ccccc2)[C@H]1OCc1ccccc1. The summed E-state index contributed by atoms with van der Waals surface area (Å²) in [4.78, 5) is 27.8. The lowest BCUT2D eigenvalue weighted by atomic mass is 9.97. The maximum atomic E-state index is 13.9. The van der Waals surface area contributed by atoms with Crippen molar-refractivity contribution in [2.24, 2.45) is 0 Å². The second-order valence-electron chi connectivity index (χ2n) is 21.3. The molecule has 2 aromatic heterocycles. The quantitative estimate of drug-likeness (QED) is 0.0467. The lowest BCUT2D eigenvalue weighted by Crippen LogP contribution is -2.61. The van der Waals surface area contributed by atoms with Crippen LogP contribution in [0.5, 0.6) is 0 Å². The van der Waals surface area contributed by atoms with Crippen molar-refractivity contribution in [3.05, 3.63) is 263 Å². The summed E-state index contributed by atoms with van der Waals surface area (Å²) in [5, 5.41) is 23.0. The fraction of sp³-hybridized carbons (Fsp3) is 0.294. The van der Waals surface area contributed by atoms with E-state index in [2.05, 4.69) is 31.3 Å². The molecule has 0 aliphatic carbocycles. The van der Waals surface area contributed by atoms with Crippen molar-refractivity contribution in [1.29, 1.82) is 0 Å². The predicted molar refractivity (Wildman–Crippen MR) is 324 cm³/mol. The van der Waals surface area contributed by atoms with Crippen LogP contribution in [0.25, 0.3) is 0 Å². The summed E-state index contributed by atoms with van der Waals surface area (Å²) in [7, 11) is 3.13. The van der Waals surface area contributed by atoms with Crippen LogP contribution in [-0.2, 0) is 100 Å². The van der Waals surface area contributed by atoms with Crippen molar-refractivity contribution in [1.82, 2.24) is 30.0 Å². The third-order valence-electron chi connectivity index (χ3n) is 15.0. The van der Waals surface area contributed by atoms with E-state index in [1.54, 1.807) is 54.2 Å². The van der Waals surface area contributed by atoms with Gasteiger partial charge < -0.3 is 58.0 Å². The van der Waals surface area contributed by atoms with Crippen LogP contribution in [0.1, 0.15) is 54.1 Å². The van der Waals surface area contributed by atoms with E-state index in [9.17, 15) is 9.59 Å². The number of rotatable bonds is 28. The van der Waals surface area contributed by atoms with Crippen LogP contribution < -0.4 is 10.6 Å². The van der Waals surface area contributed by atoms with E-state index in [1.807, 2.05) is 182 Å². The van der Waals surface area contributed by atoms with Crippen LogP contribution in [0, 0.1) is 0 Å². The highest BCUT2D eigenvalue weighted by Gasteiger charge is 2.50. The van der Waals surface area contributed by atoms with Crippen molar-refractivity contribution in [2.45, 2.75) is 114 Å². The molecule has 0 unspecified atom stereocenters. The topological polar surface area (TPSA) is 212 Å². The summed E-state index contributed by atoms with van der Waals surface area (Å²) in [6, 6.07) is 65.4. The van der Waals surface area contributed by atoms with E-state index in [0.717, 1.165) is 33.4 Å². The number of aromatic nitrogens is 6. The largest absolute Gasteiger partial charge is 0.368 e. The number of nitrogens with zero attached hydrogens (tertiary/aromatic N) is 6. The molecule has 2 saturated heterocycles. The summed E-state index contributed by atoms with van der Waals surface area (Å²) in [5.41, 5.74) is 6.19. The molecule has 454 valence electrons. The first-order chi connectivity index (χ1) is 43.3. The van der Waals surface area contributed by atoms with Gasteiger partial charge in [0.05, 0.1) is 65.1 Å². The van der Waals surface area contributed by atoms with E-state index < -0.39 is 73.2 Å². The number of anilines is 2. The number of amides is 2. The second kappa shape index (κ2) is 30.8. The molecular weight excluding hydrogens is 1120 g/mol. The molecule has 10 atom stereocenters. The molecule has 2 N–H and O–H groups in total. The van der Waals surface area contributed by atoms with Gasteiger partial charge in [0.1, 0.15) is 48.8 Å².